The van der Waals surface area contributed by atoms with Gasteiger partial charge in [-0.15, -0.1) is 0 Å². The number of carbonyl (C=O) groups excluding carboxylic acids is 1. The summed E-state index contributed by atoms with van der Waals surface area (Å²) in [6.45, 7) is 1.56. The molecule has 0 aliphatic heterocycles. The topological polar surface area (TPSA) is 129 Å². The van der Waals surface area contributed by atoms with Crippen molar-refractivity contribution in [1.82, 2.24) is 4.98 Å². The Bertz CT molecular complexity index is 732. The largest absolute Gasteiger partial charge is 0.441 e. The van der Waals surface area contributed by atoms with Crippen LogP contribution < -0.4 is 10.9 Å². The number of oxazole rings is 1. The quantitative estimate of drug-likeness (QED) is 0.840. The predicted octanol–water partition coefficient (Wildman–Crippen LogP) is 0.396. The Morgan fingerprint density at radius 2 is 1.84 bits per heavy atom. The van der Waals surface area contributed by atoms with Gasteiger partial charge < -0.3 is 10.2 Å². The first-order valence-corrected chi connectivity index (χ1v) is 6.74. The number of rotatable bonds is 3. The molecule has 0 spiro atoms. The van der Waals surface area contributed by atoms with Crippen LogP contribution >= 0.6 is 0 Å². The van der Waals surface area contributed by atoms with Crippen molar-refractivity contribution in [2.75, 3.05) is 0 Å². The molecule has 8 heteroatoms. The molecule has 100 valence electrons. The first-order valence-electron chi connectivity index (χ1n) is 5.19. The number of aryl methyl sites for hydroxylation is 1. The number of benzene rings is 1. The second kappa shape index (κ2) is 4.48. The highest BCUT2D eigenvalue weighted by Crippen LogP contribution is 2.22. The number of amides is 1. The monoisotopic (exact) mass is 281 g/mol. The van der Waals surface area contributed by atoms with Gasteiger partial charge in [0, 0.05) is 5.56 Å². The maximum Gasteiger partial charge on any atom is 0.270 e. The number of hydrogen-bond acceptors (Lipinski definition) is 5. The summed E-state index contributed by atoms with van der Waals surface area (Å²) in [6, 6.07) is 5.62. The summed E-state index contributed by atoms with van der Waals surface area (Å²) in [5, 5.41) is 4.99. The third-order valence-electron chi connectivity index (χ3n) is 2.46. The van der Waals surface area contributed by atoms with E-state index < -0.39 is 15.9 Å². The Hall–Kier alpha value is -2.19. The van der Waals surface area contributed by atoms with Crippen LogP contribution in [-0.2, 0) is 10.0 Å². The summed E-state index contributed by atoms with van der Waals surface area (Å²) in [4.78, 5) is 15.0. The van der Waals surface area contributed by atoms with Gasteiger partial charge in [-0.25, -0.2) is 18.5 Å². The molecule has 0 saturated heterocycles. The molecule has 7 nitrogen and oxygen atoms in total. The molecule has 0 unspecified atom stereocenters. The Morgan fingerprint density at radius 3 is 2.26 bits per heavy atom. The zero-order chi connectivity index (χ0) is 14.2. The van der Waals surface area contributed by atoms with Crippen molar-refractivity contribution in [3.63, 3.8) is 0 Å². The SMILES string of the molecule is Cc1oc(-c2ccc(S(N)(=O)=O)cc2)nc1C(N)=O. The van der Waals surface area contributed by atoms with Gasteiger partial charge in [-0.05, 0) is 31.2 Å². The summed E-state index contributed by atoms with van der Waals surface area (Å²) < 4.78 is 27.5. The van der Waals surface area contributed by atoms with Crippen molar-refractivity contribution in [2.24, 2.45) is 10.9 Å². The average Bonchev–Trinajstić information content (AvgIpc) is 2.70. The lowest BCUT2D eigenvalue weighted by Gasteiger charge is -1.99. The highest BCUT2D eigenvalue weighted by molar-refractivity contribution is 7.89. The van der Waals surface area contributed by atoms with E-state index >= 15 is 0 Å². The lowest BCUT2D eigenvalue weighted by molar-refractivity contribution is 0.0994. The lowest BCUT2D eigenvalue weighted by atomic mass is 10.2. The second-order valence-electron chi connectivity index (χ2n) is 3.86. The second-order valence-corrected chi connectivity index (χ2v) is 5.42. The smallest absolute Gasteiger partial charge is 0.270 e. The molecule has 2 aromatic rings. The Labute approximate surface area is 109 Å². The zero-order valence-corrected chi connectivity index (χ0v) is 10.8. The first kappa shape index (κ1) is 13.2. The van der Waals surface area contributed by atoms with Gasteiger partial charge in [-0.3, -0.25) is 4.79 Å². The third-order valence-corrected chi connectivity index (χ3v) is 3.39. The number of nitrogens with two attached hydrogens (primary N) is 2. The summed E-state index contributed by atoms with van der Waals surface area (Å²) in [6.07, 6.45) is 0. The molecule has 0 aliphatic rings. The van der Waals surface area contributed by atoms with E-state index in [0.717, 1.165) is 0 Å². The Balaban J connectivity index is 2.43. The number of primary sulfonamides is 1. The van der Waals surface area contributed by atoms with Gasteiger partial charge in [0.25, 0.3) is 5.91 Å². The third kappa shape index (κ3) is 2.64. The van der Waals surface area contributed by atoms with Crippen LogP contribution in [0.15, 0.2) is 33.6 Å². The van der Waals surface area contributed by atoms with Crippen molar-refractivity contribution >= 4 is 15.9 Å². The van der Waals surface area contributed by atoms with Gasteiger partial charge in [0.2, 0.25) is 15.9 Å². The van der Waals surface area contributed by atoms with Gasteiger partial charge in [-0.1, -0.05) is 0 Å². The van der Waals surface area contributed by atoms with E-state index in [9.17, 15) is 13.2 Å². The molecule has 0 radical (unpaired) electrons. The number of nitrogens with zero attached hydrogens (tertiary/aromatic N) is 1. The molecule has 19 heavy (non-hydrogen) atoms. The number of primary amides is 1. The van der Waals surface area contributed by atoms with Crippen molar-refractivity contribution in [3.05, 3.63) is 35.7 Å². The molecule has 0 saturated carbocycles. The minimum atomic E-state index is -3.74. The molecule has 1 heterocycles. The first-order chi connectivity index (χ1) is 8.79. The normalized spacial score (nSPS) is 11.5. The molecule has 1 aromatic heterocycles. The van der Waals surface area contributed by atoms with Crippen molar-refractivity contribution in [3.8, 4) is 11.5 Å². The number of hydrogen-bond donors (Lipinski definition) is 2. The van der Waals surface area contributed by atoms with Crippen molar-refractivity contribution in [2.45, 2.75) is 11.8 Å². The number of sulfonamides is 1. The minimum Gasteiger partial charge on any atom is -0.441 e. The molecule has 0 bridgehead atoms. The molecular formula is C11H11N3O4S. The Kier molecular flexibility index (Phi) is 3.13. The summed E-state index contributed by atoms with van der Waals surface area (Å²) >= 11 is 0. The zero-order valence-electron chi connectivity index (χ0n) is 9.95. The molecule has 1 amide bonds. The summed E-state index contributed by atoms with van der Waals surface area (Å²) in [5.41, 5.74) is 5.69. The molecule has 2 rings (SSSR count). The van der Waals surface area contributed by atoms with Gasteiger partial charge in [0.05, 0.1) is 4.90 Å². The molecule has 0 aliphatic carbocycles. The lowest BCUT2D eigenvalue weighted by Crippen LogP contribution is -2.12. The van der Waals surface area contributed by atoms with Gasteiger partial charge >= 0.3 is 0 Å². The summed E-state index contributed by atoms with van der Waals surface area (Å²) in [7, 11) is -3.74. The molecule has 0 fully saturated rings. The minimum absolute atomic E-state index is 0.0188. The Morgan fingerprint density at radius 1 is 1.26 bits per heavy atom. The van der Waals surface area contributed by atoms with E-state index in [1.54, 1.807) is 6.92 Å². The maximum atomic E-state index is 11.1. The van der Waals surface area contributed by atoms with Crippen molar-refractivity contribution in [1.29, 1.82) is 0 Å². The van der Waals surface area contributed by atoms with Gasteiger partial charge in [-0.2, -0.15) is 0 Å². The van der Waals surface area contributed by atoms with E-state index in [-0.39, 0.29) is 16.5 Å². The van der Waals surface area contributed by atoms with E-state index in [2.05, 4.69) is 4.98 Å². The van der Waals surface area contributed by atoms with Crippen LogP contribution in [0.2, 0.25) is 0 Å². The average molecular weight is 281 g/mol. The molecule has 0 atom stereocenters. The van der Waals surface area contributed by atoms with E-state index in [1.165, 1.54) is 24.3 Å². The van der Waals surface area contributed by atoms with E-state index in [0.29, 0.717) is 11.3 Å². The highest BCUT2D eigenvalue weighted by Gasteiger charge is 2.16. The summed E-state index contributed by atoms with van der Waals surface area (Å²) in [5.74, 6) is -0.195. The molecule has 4 N–H and O–H groups in total. The van der Waals surface area contributed by atoms with Crippen LogP contribution in [0.3, 0.4) is 0 Å². The van der Waals surface area contributed by atoms with Crippen LogP contribution in [0.4, 0.5) is 0 Å². The standard InChI is InChI=1S/C11H11N3O4S/c1-6-9(10(12)15)14-11(18-6)7-2-4-8(5-3-7)19(13,16)17/h2-5H,1H3,(H2,12,15)(H2,13,16,17). The van der Waals surface area contributed by atoms with E-state index in [4.69, 9.17) is 15.3 Å². The number of carbonyl (C=O) groups is 1. The number of aromatic nitrogens is 1. The van der Waals surface area contributed by atoms with Crippen LogP contribution in [0.5, 0.6) is 0 Å². The van der Waals surface area contributed by atoms with Crippen LogP contribution in [0, 0.1) is 6.92 Å². The molecular weight excluding hydrogens is 270 g/mol. The fourth-order valence-corrected chi connectivity index (χ4v) is 2.05. The maximum absolute atomic E-state index is 11.1. The van der Waals surface area contributed by atoms with Crippen LogP contribution in [-0.4, -0.2) is 19.3 Å². The van der Waals surface area contributed by atoms with Gasteiger partial charge in [0.1, 0.15) is 5.76 Å². The van der Waals surface area contributed by atoms with E-state index in [1.807, 2.05) is 0 Å². The van der Waals surface area contributed by atoms with Gasteiger partial charge in [0.15, 0.2) is 5.69 Å². The molecule has 1 aromatic carbocycles. The van der Waals surface area contributed by atoms with Crippen LogP contribution in [0.1, 0.15) is 16.2 Å². The fraction of sp³-hybridized carbons (Fsp3) is 0.0909. The predicted molar refractivity (Wildman–Crippen MR) is 66.6 cm³/mol. The highest BCUT2D eigenvalue weighted by atomic mass is 32.2. The fourth-order valence-electron chi connectivity index (χ4n) is 1.54. The van der Waals surface area contributed by atoms with Crippen molar-refractivity contribution < 1.29 is 17.6 Å². The van der Waals surface area contributed by atoms with Crippen LogP contribution in [0.25, 0.3) is 11.5 Å².